The molecule has 51 heavy (non-hydrogen) atoms. The Morgan fingerprint density at radius 2 is 1.16 bits per heavy atom. The summed E-state index contributed by atoms with van der Waals surface area (Å²) in [5, 5.41) is 24.7. The number of carbonyl (C=O) groups excluding carboxylic acids is 7. The van der Waals surface area contributed by atoms with E-state index in [-0.39, 0.29) is 24.5 Å². The summed E-state index contributed by atoms with van der Waals surface area (Å²) in [5.74, 6) is -5.38. The summed E-state index contributed by atoms with van der Waals surface area (Å²) in [6.07, 6.45) is 0.220. The summed E-state index contributed by atoms with van der Waals surface area (Å²) in [6.45, 7) is 7.26. The average molecular weight is 711 g/mol. The maximum atomic E-state index is 13.3. The Labute approximate surface area is 297 Å². The summed E-state index contributed by atoms with van der Waals surface area (Å²) >= 11 is 0. The molecule has 0 fully saturated rings. The number of carbonyl (C=O) groups is 7. The van der Waals surface area contributed by atoms with Crippen LogP contribution in [0, 0.1) is 11.8 Å². The number of rotatable bonds is 19. The largest absolute Gasteiger partial charge is 0.508 e. The van der Waals surface area contributed by atoms with Gasteiger partial charge in [-0.3, -0.25) is 33.6 Å². The van der Waals surface area contributed by atoms with Crippen LogP contribution in [0.3, 0.4) is 0 Å². The minimum atomic E-state index is -1.15. The lowest BCUT2D eigenvalue weighted by Gasteiger charge is -2.27. The van der Waals surface area contributed by atoms with Gasteiger partial charge < -0.3 is 48.5 Å². The molecule has 16 heteroatoms. The number of benzene rings is 2. The first-order valence-electron chi connectivity index (χ1n) is 16.6. The lowest BCUT2D eigenvalue weighted by molar-refractivity contribution is -0.134. The molecule has 5 atom stereocenters. The Hall–Kier alpha value is -5.51. The van der Waals surface area contributed by atoms with Crippen molar-refractivity contribution >= 4 is 41.4 Å². The van der Waals surface area contributed by atoms with Crippen molar-refractivity contribution in [3.05, 3.63) is 65.7 Å². The van der Waals surface area contributed by atoms with Crippen LogP contribution < -0.4 is 43.4 Å². The molecule has 278 valence electrons. The Morgan fingerprint density at radius 1 is 0.608 bits per heavy atom. The van der Waals surface area contributed by atoms with Crippen molar-refractivity contribution in [1.29, 1.82) is 0 Å². The van der Waals surface area contributed by atoms with Crippen LogP contribution in [0.1, 0.15) is 45.7 Å². The molecule has 0 saturated heterocycles. The monoisotopic (exact) mass is 710 g/mol. The molecule has 16 nitrogen and oxygen atoms in total. The number of hydrogen-bond acceptors (Lipinski definition) is 9. The fourth-order valence-corrected chi connectivity index (χ4v) is 4.83. The number of nitrogens with one attached hydrogen (secondary N) is 6. The van der Waals surface area contributed by atoms with Crippen LogP contribution in [0.4, 0.5) is 0 Å². The minimum absolute atomic E-state index is 0.0620. The maximum Gasteiger partial charge on any atom is 0.243 e. The number of nitrogens with two attached hydrogens (primary N) is 2. The van der Waals surface area contributed by atoms with Gasteiger partial charge in [-0.15, -0.1) is 0 Å². The van der Waals surface area contributed by atoms with E-state index in [0.717, 1.165) is 0 Å². The average Bonchev–Trinajstić information content (AvgIpc) is 3.07. The number of aromatic hydroxyl groups is 1. The van der Waals surface area contributed by atoms with Gasteiger partial charge in [0, 0.05) is 6.42 Å². The van der Waals surface area contributed by atoms with Gasteiger partial charge in [-0.1, -0.05) is 70.2 Å². The van der Waals surface area contributed by atoms with Crippen molar-refractivity contribution in [2.45, 2.75) is 77.7 Å². The van der Waals surface area contributed by atoms with Crippen molar-refractivity contribution < 1.29 is 38.7 Å². The number of phenols is 1. The molecule has 0 aromatic heterocycles. The zero-order valence-corrected chi connectivity index (χ0v) is 29.5. The first kappa shape index (κ1) is 41.7. The Kier molecular flexibility index (Phi) is 16.5. The van der Waals surface area contributed by atoms with E-state index in [1.54, 1.807) is 70.2 Å². The quantitative estimate of drug-likeness (QED) is 0.0820. The Bertz CT molecular complexity index is 1520. The summed E-state index contributed by atoms with van der Waals surface area (Å²) in [5.41, 5.74) is 12.5. The zero-order valence-electron chi connectivity index (χ0n) is 29.5. The molecule has 7 amide bonds. The molecule has 0 spiro atoms. The Balaban J connectivity index is 2.05. The summed E-state index contributed by atoms with van der Waals surface area (Å²) in [7, 11) is 0. The highest BCUT2D eigenvalue weighted by atomic mass is 16.3. The number of amides is 7. The van der Waals surface area contributed by atoms with Crippen molar-refractivity contribution in [3.8, 4) is 5.75 Å². The molecular formula is C35H50N8O8. The van der Waals surface area contributed by atoms with Crippen LogP contribution in [0.25, 0.3) is 0 Å². The molecule has 0 heterocycles. The van der Waals surface area contributed by atoms with E-state index in [0.29, 0.717) is 11.1 Å². The van der Waals surface area contributed by atoms with Crippen LogP contribution in [0.5, 0.6) is 5.75 Å². The summed E-state index contributed by atoms with van der Waals surface area (Å²) in [4.78, 5) is 88.9. The molecule has 0 saturated carbocycles. The number of phenolic OH excluding ortho intramolecular Hbond substituents is 1. The first-order valence-corrected chi connectivity index (χ1v) is 16.6. The van der Waals surface area contributed by atoms with E-state index in [4.69, 9.17) is 11.5 Å². The molecule has 0 aliphatic heterocycles. The second-order valence-corrected chi connectivity index (χ2v) is 12.9. The SMILES string of the molecule is CC(C)[C@H](NC(=O)CNC(=O)[C@H](Cc1ccccc1)NC(=O)[C@@H](C)NC(=O)[C@@H](N)Cc1ccc(O)cc1)C(=O)N[C@H](C(=O)NCC(N)=O)C(C)C. The van der Waals surface area contributed by atoms with Crippen LogP contribution in [-0.4, -0.2) is 89.8 Å². The van der Waals surface area contributed by atoms with Crippen LogP contribution in [0.2, 0.25) is 0 Å². The smallest absolute Gasteiger partial charge is 0.243 e. The molecule has 0 aliphatic rings. The lowest BCUT2D eigenvalue weighted by Crippen LogP contribution is -2.58. The predicted molar refractivity (Wildman–Crippen MR) is 188 cm³/mol. The molecular weight excluding hydrogens is 660 g/mol. The standard InChI is InChI=1S/C35H50N8O8/c1-19(2)29(34(50)38-17-27(37)45)43-35(51)30(20(3)4)42-28(46)18-39-33(49)26(16-22-9-7-6-8-10-22)41-31(47)21(5)40-32(48)25(36)15-23-11-13-24(44)14-12-23/h6-14,19-21,25-26,29-30,44H,15-18,36H2,1-5H3,(H2,37,45)(H,38,50)(H,39,49)(H,40,48)(H,41,47)(H,42,46)(H,43,51)/t21-,25+,26+,29+,30+/m1/s1. The van der Waals surface area contributed by atoms with E-state index in [9.17, 15) is 38.7 Å². The van der Waals surface area contributed by atoms with E-state index in [1.165, 1.54) is 19.1 Å². The highest BCUT2D eigenvalue weighted by molar-refractivity contribution is 5.96. The number of hydrogen-bond donors (Lipinski definition) is 9. The van der Waals surface area contributed by atoms with E-state index in [2.05, 4.69) is 31.9 Å². The van der Waals surface area contributed by atoms with Gasteiger partial charge in [0.2, 0.25) is 41.4 Å². The van der Waals surface area contributed by atoms with Gasteiger partial charge in [0.25, 0.3) is 0 Å². The summed E-state index contributed by atoms with van der Waals surface area (Å²) < 4.78 is 0. The first-order chi connectivity index (χ1) is 24.0. The van der Waals surface area contributed by atoms with Gasteiger partial charge in [-0.25, -0.2) is 0 Å². The normalized spacial score (nSPS) is 13.9. The molecule has 2 aromatic carbocycles. The fraction of sp³-hybridized carbons (Fsp3) is 0.457. The molecule has 2 aromatic rings. The van der Waals surface area contributed by atoms with E-state index < -0.39 is 90.6 Å². The van der Waals surface area contributed by atoms with Gasteiger partial charge >= 0.3 is 0 Å². The summed E-state index contributed by atoms with van der Waals surface area (Å²) in [6, 6.07) is 9.74. The third-order valence-corrected chi connectivity index (χ3v) is 7.77. The second-order valence-electron chi connectivity index (χ2n) is 12.9. The molecule has 2 rings (SSSR count). The minimum Gasteiger partial charge on any atom is -0.508 e. The Morgan fingerprint density at radius 3 is 1.73 bits per heavy atom. The molecule has 0 unspecified atom stereocenters. The van der Waals surface area contributed by atoms with Gasteiger partial charge in [0.05, 0.1) is 19.1 Å². The van der Waals surface area contributed by atoms with Gasteiger partial charge in [0.1, 0.15) is 29.9 Å². The van der Waals surface area contributed by atoms with Crippen LogP contribution in [0.15, 0.2) is 54.6 Å². The zero-order chi connectivity index (χ0) is 38.2. The van der Waals surface area contributed by atoms with Crippen molar-refractivity contribution in [3.63, 3.8) is 0 Å². The third-order valence-electron chi connectivity index (χ3n) is 7.77. The lowest BCUT2D eigenvalue weighted by atomic mass is 9.99. The van der Waals surface area contributed by atoms with Gasteiger partial charge in [-0.2, -0.15) is 0 Å². The predicted octanol–water partition coefficient (Wildman–Crippen LogP) is -1.51. The highest BCUT2D eigenvalue weighted by Crippen LogP contribution is 2.11. The fourth-order valence-electron chi connectivity index (χ4n) is 4.83. The molecule has 0 radical (unpaired) electrons. The maximum absolute atomic E-state index is 13.3. The topological polar surface area (TPSA) is 264 Å². The molecule has 11 N–H and O–H groups in total. The highest BCUT2D eigenvalue weighted by Gasteiger charge is 2.31. The van der Waals surface area contributed by atoms with Gasteiger partial charge in [0.15, 0.2) is 0 Å². The van der Waals surface area contributed by atoms with Crippen LogP contribution >= 0.6 is 0 Å². The van der Waals surface area contributed by atoms with Crippen molar-refractivity contribution in [2.24, 2.45) is 23.3 Å². The van der Waals surface area contributed by atoms with E-state index >= 15 is 0 Å². The van der Waals surface area contributed by atoms with Crippen molar-refractivity contribution in [2.75, 3.05) is 13.1 Å². The van der Waals surface area contributed by atoms with Gasteiger partial charge in [-0.05, 0) is 48.4 Å². The molecule has 0 aliphatic carbocycles. The van der Waals surface area contributed by atoms with Crippen molar-refractivity contribution in [1.82, 2.24) is 31.9 Å². The molecule has 0 bridgehead atoms. The van der Waals surface area contributed by atoms with Crippen LogP contribution in [-0.2, 0) is 46.4 Å². The van der Waals surface area contributed by atoms with E-state index in [1.807, 2.05) is 0 Å². The number of primary amides is 1. The third kappa shape index (κ3) is 14.5. The second kappa shape index (κ2) is 20.2.